The summed E-state index contributed by atoms with van der Waals surface area (Å²) >= 11 is 0. The van der Waals surface area contributed by atoms with Crippen molar-refractivity contribution in [1.29, 1.82) is 0 Å². The van der Waals surface area contributed by atoms with Gasteiger partial charge in [-0.2, -0.15) is 0 Å². The number of imidazole rings is 1. The Kier molecular flexibility index (Phi) is 2.98. The van der Waals surface area contributed by atoms with Gasteiger partial charge in [0.2, 0.25) is 0 Å². The average molecular weight is 261 g/mol. The molecule has 4 nitrogen and oxygen atoms in total. The highest BCUT2D eigenvalue weighted by Crippen LogP contribution is 2.33. The van der Waals surface area contributed by atoms with Crippen molar-refractivity contribution < 1.29 is 4.39 Å². The van der Waals surface area contributed by atoms with Crippen LogP contribution in [0.3, 0.4) is 0 Å². The molecule has 5 heteroatoms. The second-order valence-electron chi connectivity index (χ2n) is 4.98. The third kappa shape index (κ3) is 2.33. The molecule has 1 aliphatic rings. The Morgan fingerprint density at radius 2 is 2.11 bits per heavy atom. The standard InChI is InChI=1S/C14H16FN3O/c15-13-4-1-10(8-16)7-11(13)9-17-5-6-18(14(17)19)12-2-3-12/h1,4-7,12H,2-3,8-9,16H2. The zero-order valence-corrected chi connectivity index (χ0v) is 10.6. The molecule has 1 heterocycles. The Hall–Kier alpha value is -1.88. The minimum atomic E-state index is -0.303. The molecule has 100 valence electrons. The van der Waals surface area contributed by atoms with E-state index in [9.17, 15) is 9.18 Å². The van der Waals surface area contributed by atoms with Gasteiger partial charge in [-0.05, 0) is 30.5 Å². The predicted molar refractivity (Wildman–Crippen MR) is 70.4 cm³/mol. The van der Waals surface area contributed by atoms with Crippen molar-refractivity contribution in [2.24, 2.45) is 5.73 Å². The molecular formula is C14H16FN3O. The Morgan fingerprint density at radius 1 is 1.32 bits per heavy atom. The summed E-state index contributed by atoms with van der Waals surface area (Å²) in [5.74, 6) is -0.303. The molecule has 0 unspecified atom stereocenters. The van der Waals surface area contributed by atoms with Gasteiger partial charge in [0.25, 0.3) is 0 Å². The van der Waals surface area contributed by atoms with Gasteiger partial charge in [-0.3, -0.25) is 9.13 Å². The molecule has 1 aromatic carbocycles. The van der Waals surface area contributed by atoms with E-state index in [1.807, 2.05) is 0 Å². The van der Waals surface area contributed by atoms with Crippen LogP contribution in [-0.2, 0) is 13.1 Å². The van der Waals surface area contributed by atoms with E-state index in [-0.39, 0.29) is 18.1 Å². The summed E-state index contributed by atoms with van der Waals surface area (Å²) in [4.78, 5) is 12.1. The fourth-order valence-electron chi connectivity index (χ4n) is 2.24. The Bertz CT molecular complexity index is 655. The summed E-state index contributed by atoms with van der Waals surface area (Å²) in [5, 5.41) is 0. The zero-order chi connectivity index (χ0) is 13.4. The Morgan fingerprint density at radius 3 is 2.79 bits per heavy atom. The number of hydrogen-bond donors (Lipinski definition) is 1. The molecule has 3 rings (SSSR count). The van der Waals surface area contributed by atoms with Crippen LogP contribution < -0.4 is 11.4 Å². The number of rotatable bonds is 4. The van der Waals surface area contributed by atoms with Crippen LogP contribution in [0.5, 0.6) is 0 Å². The maximum Gasteiger partial charge on any atom is 0.328 e. The topological polar surface area (TPSA) is 52.9 Å². The first-order chi connectivity index (χ1) is 9.19. The molecule has 2 aromatic rings. The third-order valence-corrected chi connectivity index (χ3v) is 3.50. The van der Waals surface area contributed by atoms with Gasteiger partial charge in [0.1, 0.15) is 5.82 Å². The van der Waals surface area contributed by atoms with Gasteiger partial charge in [-0.15, -0.1) is 0 Å². The van der Waals surface area contributed by atoms with Crippen molar-refractivity contribution in [2.75, 3.05) is 0 Å². The van der Waals surface area contributed by atoms with E-state index >= 15 is 0 Å². The molecule has 0 saturated heterocycles. The smallest absolute Gasteiger partial charge is 0.326 e. The molecule has 1 fully saturated rings. The third-order valence-electron chi connectivity index (χ3n) is 3.50. The highest BCUT2D eigenvalue weighted by atomic mass is 19.1. The van der Waals surface area contributed by atoms with Gasteiger partial charge in [-0.25, -0.2) is 9.18 Å². The fourth-order valence-corrected chi connectivity index (χ4v) is 2.24. The number of aromatic nitrogens is 2. The van der Waals surface area contributed by atoms with Gasteiger partial charge in [0.15, 0.2) is 0 Å². The monoisotopic (exact) mass is 261 g/mol. The van der Waals surface area contributed by atoms with Crippen molar-refractivity contribution in [3.8, 4) is 0 Å². The number of hydrogen-bond acceptors (Lipinski definition) is 2. The first kappa shape index (κ1) is 12.2. The SMILES string of the molecule is NCc1ccc(F)c(Cn2ccn(C3CC3)c2=O)c1. The molecule has 19 heavy (non-hydrogen) atoms. The van der Waals surface area contributed by atoms with Gasteiger partial charge in [0, 0.05) is 30.5 Å². The lowest BCUT2D eigenvalue weighted by Crippen LogP contribution is -2.24. The molecule has 0 amide bonds. The average Bonchev–Trinajstić information content (AvgIpc) is 3.19. The largest absolute Gasteiger partial charge is 0.328 e. The van der Waals surface area contributed by atoms with Crippen molar-refractivity contribution in [2.45, 2.75) is 32.0 Å². The van der Waals surface area contributed by atoms with E-state index in [1.165, 1.54) is 10.6 Å². The molecule has 1 aromatic heterocycles. The van der Waals surface area contributed by atoms with Crippen LogP contribution in [0.2, 0.25) is 0 Å². The van der Waals surface area contributed by atoms with Gasteiger partial charge >= 0.3 is 5.69 Å². The van der Waals surface area contributed by atoms with Crippen molar-refractivity contribution in [1.82, 2.24) is 9.13 Å². The molecule has 0 atom stereocenters. The summed E-state index contributed by atoms with van der Waals surface area (Å²) in [5.41, 5.74) is 6.85. The highest BCUT2D eigenvalue weighted by Gasteiger charge is 2.25. The van der Waals surface area contributed by atoms with Gasteiger partial charge < -0.3 is 5.73 Å². The van der Waals surface area contributed by atoms with Crippen LogP contribution in [-0.4, -0.2) is 9.13 Å². The zero-order valence-electron chi connectivity index (χ0n) is 10.6. The van der Waals surface area contributed by atoms with Crippen LogP contribution in [0.4, 0.5) is 4.39 Å². The van der Waals surface area contributed by atoms with Gasteiger partial charge in [-0.1, -0.05) is 6.07 Å². The molecule has 0 bridgehead atoms. The molecule has 1 saturated carbocycles. The summed E-state index contributed by atoms with van der Waals surface area (Å²) in [6.07, 6.45) is 5.61. The second kappa shape index (κ2) is 4.66. The van der Waals surface area contributed by atoms with E-state index in [1.54, 1.807) is 29.1 Å². The van der Waals surface area contributed by atoms with Crippen LogP contribution >= 0.6 is 0 Å². The van der Waals surface area contributed by atoms with E-state index in [0.717, 1.165) is 18.4 Å². The summed E-state index contributed by atoms with van der Waals surface area (Å²) in [6.45, 7) is 0.615. The summed E-state index contributed by atoms with van der Waals surface area (Å²) in [7, 11) is 0. The lowest BCUT2D eigenvalue weighted by molar-refractivity contribution is 0.588. The normalized spacial score (nSPS) is 14.8. The first-order valence-corrected chi connectivity index (χ1v) is 6.43. The van der Waals surface area contributed by atoms with Crippen LogP contribution in [0, 0.1) is 5.82 Å². The first-order valence-electron chi connectivity index (χ1n) is 6.43. The number of benzene rings is 1. The molecule has 1 aliphatic carbocycles. The van der Waals surface area contributed by atoms with Crippen LogP contribution in [0.25, 0.3) is 0 Å². The number of halogens is 1. The molecule has 0 spiro atoms. The predicted octanol–water partition coefficient (Wildman–Crippen LogP) is 1.63. The minimum Gasteiger partial charge on any atom is -0.326 e. The van der Waals surface area contributed by atoms with E-state index in [4.69, 9.17) is 5.73 Å². The maximum absolute atomic E-state index is 13.7. The Labute approximate surface area is 110 Å². The van der Waals surface area contributed by atoms with Gasteiger partial charge in [0.05, 0.1) is 6.54 Å². The van der Waals surface area contributed by atoms with Crippen molar-refractivity contribution in [3.05, 3.63) is 58.0 Å². The van der Waals surface area contributed by atoms with Crippen molar-refractivity contribution in [3.63, 3.8) is 0 Å². The minimum absolute atomic E-state index is 0.0694. The quantitative estimate of drug-likeness (QED) is 0.909. The van der Waals surface area contributed by atoms with E-state index in [0.29, 0.717) is 18.2 Å². The molecule has 0 radical (unpaired) electrons. The number of nitrogens with zero attached hydrogens (tertiary/aromatic N) is 2. The number of nitrogens with two attached hydrogens (primary N) is 1. The second-order valence-corrected chi connectivity index (χ2v) is 4.98. The van der Waals surface area contributed by atoms with E-state index < -0.39 is 0 Å². The highest BCUT2D eigenvalue weighted by molar-refractivity contribution is 5.25. The van der Waals surface area contributed by atoms with Crippen molar-refractivity contribution >= 4 is 0 Å². The van der Waals surface area contributed by atoms with E-state index in [2.05, 4.69) is 0 Å². The Balaban J connectivity index is 1.90. The fraction of sp³-hybridized carbons (Fsp3) is 0.357. The molecule has 2 N–H and O–H groups in total. The maximum atomic E-state index is 13.7. The molecular weight excluding hydrogens is 245 g/mol. The van der Waals surface area contributed by atoms with Crippen LogP contribution in [0.1, 0.15) is 30.0 Å². The lowest BCUT2D eigenvalue weighted by Gasteiger charge is -2.06. The van der Waals surface area contributed by atoms with Crippen LogP contribution in [0.15, 0.2) is 35.4 Å². The summed E-state index contributed by atoms with van der Waals surface area (Å²) < 4.78 is 17.0. The molecule has 0 aliphatic heterocycles. The lowest BCUT2D eigenvalue weighted by atomic mass is 10.1. The summed E-state index contributed by atoms with van der Waals surface area (Å²) in [6, 6.07) is 5.13.